The summed E-state index contributed by atoms with van der Waals surface area (Å²) in [5.74, 6) is 0. The van der Waals surface area contributed by atoms with E-state index in [9.17, 15) is 5.11 Å². The molecule has 1 atom stereocenters. The van der Waals surface area contributed by atoms with E-state index in [0.29, 0.717) is 13.2 Å². The Hall–Kier alpha value is -1.64. The third kappa shape index (κ3) is 4.69. The second-order valence-electron chi connectivity index (χ2n) is 6.49. The molecule has 1 N–H and O–H groups in total. The molecule has 2 nitrogen and oxygen atoms in total. The van der Waals surface area contributed by atoms with E-state index in [1.807, 2.05) is 63.2 Å². The third-order valence-corrected chi connectivity index (χ3v) is 3.47. The maximum atomic E-state index is 10.3. The quantitative estimate of drug-likeness (QED) is 0.877. The molecule has 0 fully saturated rings. The molecule has 0 aliphatic heterocycles. The van der Waals surface area contributed by atoms with Crippen molar-refractivity contribution in [2.75, 3.05) is 0 Å². The summed E-state index contributed by atoms with van der Waals surface area (Å²) in [6.45, 7) is 7.27. The van der Waals surface area contributed by atoms with Gasteiger partial charge in [-0.15, -0.1) is 0 Å². The predicted molar refractivity (Wildman–Crippen MR) is 85.8 cm³/mol. The van der Waals surface area contributed by atoms with Crippen molar-refractivity contribution in [1.29, 1.82) is 0 Å². The first-order chi connectivity index (χ1) is 9.97. The number of hydrogen-bond donors (Lipinski definition) is 1. The van der Waals surface area contributed by atoms with E-state index in [1.54, 1.807) is 0 Å². The van der Waals surface area contributed by atoms with Gasteiger partial charge in [0.1, 0.15) is 0 Å². The van der Waals surface area contributed by atoms with Crippen molar-refractivity contribution < 1.29 is 9.84 Å². The summed E-state index contributed by atoms with van der Waals surface area (Å²) in [5, 5.41) is 10.3. The van der Waals surface area contributed by atoms with Crippen molar-refractivity contribution in [3.05, 3.63) is 71.3 Å². The fourth-order valence-corrected chi connectivity index (χ4v) is 2.21. The Morgan fingerprint density at radius 1 is 0.905 bits per heavy atom. The van der Waals surface area contributed by atoms with Crippen LogP contribution in [0.2, 0.25) is 0 Å². The smallest absolute Gasteiger partial charge is 0.0838 e. The largest absolute Gasteiger partial charge is 0.388 e. The molecule has 0 heterocycles. The van der Waals surface area contributed by atoms with Crippen LogP contribution in [0.15, 0.2) is 54.6 Å². The molecule has 21 heavy (non-hydrogen) atoms. The zero-order valence-corrected chi connectivity index (χ0v) is 13.0. The standard InChI is InChI=1S/C19H24O2/c1-19(2,3)18(20)17-11-7-10-16(12-17)14-21-13-15-8-5-4-6-9-15/h4-12,18,20H,13-14H2,1-3H3/t18-/m1/s1. The Morgan fingerprint density at radius 3 is 2.19 bits per heavy atom. The fraction of sp³-hybridized carbons (Fsp3) is 0.368. The van der Waals surface area contributed by atoms with E-state index in [2.05, 4.69) is 12.1 Å². The van der Waals surface area contributed by atoms with E-state index in [4.69, 9.17) is 4.74 Å². The number of aliphatic hydroxyl groups is 1. The molecule has 2 aromatic carbocycles. The number of ether oxygens (including phenoxy) is 1. The Morgan fingerprint density at radius 2 is 1.52 bits per heavy atom. The molecule has 0 spiro atoms. The maximum absolute atomic E-state index is 10.3. The molecule has 0 amide bonds. The summed E-state index contributed by atoms with van der Waals surface area (Å²) in [7, 11) is 0. The maximum Gasteiger partial charge on any atom is 0.0838 e. The lowest BCUT2D eigenvalue weighted by Crippen LogP contribution is -2.17. The minimum absolute atomic E-state index is 0.163. The lowest BCUT2D eigenvalue weighted by molar-refractivity contribution is 0.0622. The third-order valence-electron chi connectivity index (χ3n) is 3.47. The Balaban J connectivity index is 1.95. The van der Waals surface area contributed by atoms with Crippen molar-refractivity contribution in [3.63, 3.8) is 0 Å². The predicted octanol–water partition coefficient (Wildman–Crippen LogP) is 4.48. The SMILES string of the molecule is CC(C)(C)[C@H](O)c1cccc(COCc2ccccc2)c1. The molecule has 2 rings (SSSR count). The molecule has 0 saturated carbocycles. The summed E-state index contributed by atoms with van der Waals surface area (Å²) in [5.41, 5.74) is 3.04. The van der Waals surface area contributed by atoms with E-state index < -0.39 is 6.10 Å². The zero-order chi connectivity index (χ0) is 15.3. The van der Waals surface area contributed by atoms with Gasteiger partial charge in [0.2, 0.25) is 0 Å². The summed E-state index contributed by atoms with van der Waals surface area (Å²) < 4.78 is 5.74. The Labute approximate surface area is 127 Å². The molecular formula is C19H24O2. The number of benzene rings is 2. The van der Waals surface area contributed by atoms with Gasteiger partial charge in [-0.2, -0.15) is 0 Å². The van der Waals surface area contributed by atoms with E-state index in [0.717, 1.165) is 11.1 Å². The highest BCUT2D eigenvalue weighted by Gasteiger charge is 2.23. The van der Waals surface area contributed by atoms with Crippen LogP contribution in [0.1, 0.15) is 43.6 Å². The van der Waals surface area contributed by atoms with Crippen molar-refractivity contribution in [2.24, 2.45) is 5.41 Å². The van der Waals surface area contributed by atoms with E-state index in [1.165, 1.54) is 5.56 Å². The molecule has 0 saturated heterocycles. The first kappa shape index (κ1) is 15.7. The second kappa shape index (κ2) is 6.88. The van der Waals surface area contributed by atoms with Crippen LogP contribution in [-0.4, -0.2) is 5.11 Å². The molecule has 2 aromatic rings. The van der Waals surface area contributed by atoms with Gasteiger partial charge < -0.3 is 9.84 Å². The van der Waals surface area contributed by atoms with Gasteiger partial charge in [-0.05, 0) is 22.1 Å². The first-order valence-electron chi connectivity index (χ1n) is 7.35. The van der Waals surface area contributed by atoms with E-state index >= 15 is 0 Å². The van der Waals surface area contributed by atoms with Crippen molar-refractivity contribution in [1.82, 2.24) is 0 Å². The van der Waals surface area contributed by atoms with Gasteiger partial charge in [0, 0.05) is 0 Å². The summed E-state index contributed by atoms with van der Waals surface area (Å²) in [4.78, 5) is 0. The lowest BCUT2D eigenvalue weighted by atomic mass is 9.84. The van der Waals surface area contributed by atoms with Crippen LogP contribution >= 0.6 is 0 Å². The molecule has 112 valence electrons. The average molecular weight is 284 g/mol. The van der Waals surface area contributed by atoms with Gasteiger partial charge in [0.15, 0.2) is 0 Å². The highest BCUT2D eigenvalue weighted by molar-refractivity contribution is 5.25. The van der Waals surface area contributed by atoms with Crippen LogP contribution in [0.25, 0.3) is 0 Å². The summed E-state index contributed by atoms with van der Waals surface area (Å²) >= 11 is 0. The van der Waals surface area contributed by atoms with Crippen molar-refractivity contribution >= 4 is 0 Å². The highest BCUT2D eigenvalue weighted by atomic mass is 16.5. The average Bonchev–Trinajstić information content (AvgIpc) is 2.47. The minimum atomic E-state index is -0.466. The zero-order valence-electron chi connectivity index (χ0n) is 13.0. The van der Waals surface area contributed by atoms with Crippen LogP contribution in [0.5, 0.6) is 0 Å². The van der Waals surface area contributed by atoms with Crippen molar-refractivity contribution in [2.45, 2.75) is 40.1 Å². The van der Waals surface area contributed by atoms with Crippen molar-refractivity contribution in [3.8, 4) is 0 Å². The van der Waals surface area contributed by atoms with Gasteiger partial charge in [0.25, 0.3) is 0 Å². The number of aliphatic hydroxyl groups excluding tert-OH is 1. The number of rotatable bonds is 5. The van der Waals surface area contributed by atoms with Crippen LogP contribution < -0.4 is 0 Å². The van der Waals surface area contributed by atoms with E-state index in [-0.39, 0.29) is 5.41 Å². The van der Waals surface area contributed by atoms with Gasteiger partial charge in [-0.25, -0.2) is 0 Å². The molecule has 0 aliphatic carbocycles. The second-order valence-corrected chi connectivity index (χ2v) is 6.49. The molecule has 2 heteroatoms. The monoisotopic (exact) mass is 284 g/mol. The van der Waals surface area contributed by atoms with Gasteiger partial charge in [0.05, 0.1) is 19.3 Å². The van der Waals surface area contributed by atoms with Crippen LogP contribution in [0.3, 0.4) is 0 Å². The van der Waals surface area contributed by atoms with Crippen LogP contribution in [0, 0.1) is 5.41 Å². The Bertz CT molecular complexity index is 555. The molecule has 0 unspecified atom stereocenters. The molecule has 0 radical (unpaired) electrons. The highest BCUT2D eigenvalue weighted by Crippen LogP contribution is 2.32. The number of hydrogen-bond acceptors (Lipinski definition) is 2. The molecular weight excluding hydrogens is 260 g/mol. The minimum Gasteiger partial charge on any atom is -0.388 e. The van der Waals surface area contributed by atoms with Crippen LogP contribution in [-0.2, 0) is 18.0 Å². The van der Waals surface area contributed by atoms with Crippen LogP contribution in [0.4, 0.5) is 0 Å². The molecule has 0 bridgehead atoms. The lowest BCUT2D eigenvalue weighted by Gasteiger charge is -2.26. The molecule has 0 aliphatic rings. The summed E-state index contributed by atoms with van der Waals surface area (Å²) in [6.07, 6.45) is -0.466. The van der Waals surface area contributed by atoms with Gasteiger partial charge >= 0.3 is 0 Å². The fourth-order valence-electron chi connectivity index (χ4n) is 2.21. The summed E-state index contributed by atoms with van der Waals surface area (Å²) in [6, 6.07) is 18.1. The van der Waals surface area contributed by atoms with Gasteiger partial charge in [-0.1, -0.05) is 75.4 Å². The normalized spacial score (nSPS) is 13.1. The molecule has 0 aromatic heterocycles. The van der Waals surface area contributed by atoms with Gasteiger partial charge in [-0.3, -0.25) is 0 Å². The first-order valence-corrected chi connectivity index (χ1v) is 7.35. The topological polar surface area (TPSA) is 29.5 Å². The Kier molecular flexibility index (Phi) is 5.16.